The highest BCUT2D eigenvalue weighted by Crippen LogP contribution is 2.10. The molecule has 1 atom stereocenters. The highest BCUT2D eigenvalue weighted by atomic mass is 14.8. The van der Waals surface area contributed by atoms with E-state index in [9.17, 15) is 0 Å². The van der Waals surface area contributed by atoms with Crippen LogP contribution in [0.1, 0.15) is 32.8 Å². The SMILES string of the molecule is CC(C)CNCC[C@@H](C)Cc1ccccc1. The minimum absolute atomic E-state index is 0.754. The van der Waals surface area contributed by atoms with Crippen molar-refractivity contribution in [2.45, 2.75) is 33.6 Å². The second-order valence-electron chi connectivity index (χ2n) is 5.18. The summed E-state index contributed by atoms with van der Waals surface area (Å²) in [6, 6.07) is 10.8. The first-order valence-corrected chi connectivity index (χ1v) is 6.43. The van der Waals surface area contributed by atoms with Gasteiger partial charge in [0.2, 0.25) is 0 Å². The van der Waals surface area contributed by atoms with Crippen LogP contribution < -0.4 is 5.32 Å². The van der Waals surface area contributed by atoms with E-state index in [4.69, 9.17) is 0 Å². The van der Waals surface area contributed by atoms with Crippen LogP contribution in [0, 0.1) is 11.8 Å². The summed E-state index contributed by atoms with van der Waals surface area (Å²) in [5.41, 5.74) is 1.46. The van der Waals surface area contributed by atoms with E-state index >= 15 is 0 Å². The predicted octanol–water partition coefficient (Wildman–Crippen LogP) is 3.50. The molecule has 0 amide bonds. The van der Waals surface area contributed by atoms with Crippen molar-refractivity contribution < 1.29 is 0 Å². The zero-order chi connectivity index (χ0) is 11.8. The molecule has 0 aliphatic carbocycles. The second-order valence-corrected chi connectivity index (χ2v) is 5.18. The summed E-state index contributed by atoms with van der Waals surface area (Å²) in [7, 11) is 0. The van der Waals surface area contributed by atoms with Crippen molar-refractivity contribution in [2.75, 3.05) is 13.1 Å². The van der Waals surface area contributed by atoms with Gasteiger partial charge in [0, 0.05) is 0 Å². The first-order valence-electron chi connectivity index (χ1n) is 6.43. The Morgan fingerprint density at radius 2 is 1.75 bits per heavy atom. The molecule has 0 spiro atoms. The van der Waals surface area contributed by atoms with Crippen molar-refractivity contribution in [2.24, 2.45) is 11.8 Å². The van der Waals surface area contributed by atoms with Gasteiger partial charge < -0.3 is 5.32 Å². The molecule has 0 aliphatic heterocycles. The Labute approximate surface area is 100 Å². The quantitative estimate of drug-likeness (QED) is 0.692. The largest absolute Gasteiger partial charge is 0.316 e. The lowest BCUT2D eigenvalue weighted by atomic mass is 9.98. The normalized spacial score (nSPS) is 13.0. The molecule has 0 bridgehead atoms. The molecule has 1 aromatic carbocycles. The predicted molar refractivity (Wildman–Crippen MR) is 71.6 cm³/mol. The van der Waals surface area contributed by atoms with Crippen molar-refractivity contribution in [3.05, 3.63) is 35.9 Å². The summed E-state index contributed by atoms with van der Waals surface area (Å²) in [6.07, 6.45) is 2.46. The Morgan fingerprint density at radius 3 is 2.38 bits per heavy atom. The molecular weight excluding hydrogens is 194 g/mol. The van der Waals surface area contributed by atoms with Crippen LogP contribution in [0.15, 0.2) is 30.3 Å². The summed E-state index contributed by atoms with van der Waals surface area (Å²) in [6.45, 7) is 9.12. The van der Waals surface area contributed by atoms with Crippen LogP contribution in [0.3, 0.4) is 0 Å². The van der Waals surface area contributed by atoms with Gasteiger partial charge in [0.25, 0.3) is 0 Å². The van der Waals surface area contributed by atoms with Crippen LogP contribution in [0.5, 0.6) is 0 Å². The average molecular weight is 219 g/mol. The summed E-state index contributed by atoms with van der Waals surface area (Å²) in [4.78, 5) is 0. The van der Waals surface area contributed by atoms with Crippen molar-refractivity contribution in [3.63, 3.8) is 0 Å². The number of nitrogens with one attached hydrogen (secondary N) is 1. The van der Waals surface area contributed by atoms with Crippen LogP contribution in [0.25, 0.3) is 0 Å². The highest BCUT2D eigenvalue weighted by Gasteiger charge is 2.03. The van der Waals surface area contributed by atoms with E-state index in [0.717, 1.165) is 24.9 Å². The van der Waals surface area contributed by atoms with Crippen molar-refractivity contribution in [1.82, 2.24) is 5.32 Å². The molecule has 1 nitrogen and oxygen atoms in total. The molecule has 0 heterocycles. The number of benzene rings is 1. The molecule has 0 saturated carbocycles. The lowest BCUT2D eigenvalue weighted by Crippen LogP contribution is -2.22. The van der Waals surface area contributed by atoms with Crippen LogP contribution in [-0.4, -0.2) is 13.1 Å². The van der Waals surface area contributed by atoms with Crippen LogP contribution in [0.2, 0.25) is 0 Å². The van der Waals surface area contributed by atoms with Gasteiger partial charge in [-0.05, 0) is 43.3 Å². The standard InChI is InChI=1S/C15H25N/c1-13(2)12-16-10-9-14(3)11-15-7-5-4-6-8-15/h4-8,13-14,16H,9-12H2,1-3H3/t14-/m1/s1. The summed E-state index contributed by atoms with van der Waals surface area (Å²) >= 11 is 0. The molecule has 1 heteroatoms. The highest BCUT2D eigenvalue weighted by molar-refractivity contribution is 5.14. The van der Waals surface area contributed by atoms with Gasteiger partial charge in [-0.1, -0.05) is 51.1 Å². The van der Waals surface area contributed by atoms with E-state index in [1.165, 1.54) is 18.4 Å². The third kappa shape index (κ3) is 5.92. The van der Waals surface area contributed by atoms with E-state index in [1.807, 2.05) is 0 Å². The summed E-state index contributed by atoms with van der Waals surface area (Å²) < 4.78 is 0. The van der Waals surface area contributed by atoms with Gasteiger partial charge in [-0.25, -0.2) is 0 Å². The smallest absolute Gasteiger partial charge is 0.00258 e. The number of hydrogen-bond donors (Lipinski definition) is 1. The molecule has 0 aromatic heterocycles. The van der Waals surface area contributed by atoms with Gasteiger partial charge in [0.15, 0.2) is 0 Å². The van der Waals surface area contributed by atoms with Gasteiger partial charge in [0.1, 0.15) is 0 Å². The van der Waals surface area contributed by atoms with Crippen LogP contribution in [-0.2, 0) is 6.42 Å². The van der Waals surface area contributed by atoms with Gasteiger partial charge in [-0.3, -0.25) is 0 Å². The lowest BCUT2D eigenvalue weighted by molar-refractivity contribution is 0.474. The van der Waals surface area contributed by atoms with E-state index < -0.39 is 0 Å². The van der Waals surface area contributed by atoms with Crippen molar-refractivity contribution >= 4 is 0 Å². The maximum Gasteiger partial charge on any atom is -0.00258 e. The third-order valence-corrected chi connectivity index (χ3v) is 2.79. The molecule has 1 rings (SSSR count). The number of rotatable bonds is 7. The van der Waals surface area contributed by atoms with Crippen molar-refractivity contribution in [1.29, 1.82) is 0 Å². The fraction of sp³-hybridized carbons (Fsp3) is 0.600. The Balaban J connectivity index is 2.14. The molecule has 90 valence electrons. The Bertz CT molecular complexity index is 266. The molecule has 0 saturated heterocycles. The Morgan fingerprint density at radius 1 is 1.06 bits per heavy atom. The molecule has 0 unspecified atom stereocenters. The Kier molecular flexibility index (Phi) is 6.17. The molecular formula is C15H25N. The monoisotopic (exact) mass is 219 g/mol. The fourth-order valence-electron chi connectivity index (χ4n) is 1.86. The van der Waals surface area contributed by atoms with Crippen LogP contribution >= 0.6 is 0 Å². The molecule has 0 aliphatic rings. The molecule has 1 aromatic rings. The van der Waals surface area contributed by atoms with Crippen LogP contribution in [0.4, 0.5) is 0 Å². The minimum Gasteiger partial charge on any atom is -0.316 e. The van der Waals surface area contributed by atoms with E-state index in [-0.39, 0.29) is 0 Å². The molecule has 16 heavy (non-hydrogen) atoms. The Hall–Kier alpha value is -0.820. The van der Waals surface area contributed by atoms with Crippen molar-refractivity contribution in [3.8, 4) is 0 Å². The van der Waals surface area contributed by atoms with E-state index in [0.29, 0.717) is 0 Å². The first kappa shape index (κ1) is 13.2. The van der Waals surface area contributed by atoms with Gasteiger partial charge in [-0.2, -0.15) is 0 Å². The lowest BCUT2D eigenvalue weighted by Gasteiger charge is -2.13. The zero-order valence-corrected chi connectivity index (χ0v) is 10.9. The van der Waals surface area contributed by atoms with E-state index in [2.05, 4.69) is 56.4 Å². The maximum atomic E-state index is 3.50. The second kappa shape index (κ2) is 7.45. The maximum absolute atomic E-state index is 3.50. The summed E-state index contributed by atoms with van der Waals surface area (Å²) in [5.74, 6) is 1.52. The van der Waals surface area contributed by atoms with Gasteiger partial charge in [-0.15, -0.1) is 0 Å². The molecule has 0 fully saturated rings. The third-order valence-electron chi connectivity index (χ3n) is 2.79. The topological polar surface area (TPSA) is 12.0 Å². The minimum atomic E-state index is 0.754. The first-order chi connectivity index (χ1) is 7.68. The molecule has 0 radical (unpaired) electrons. The van der Waals surface area contributed by atoms with E-state index in [1.54, 1.807) is 0 Å². The zero-order valence-electron chi connectivity index (χ0n) is 10.9. The average Bonchev–Trinajstić information content (AvgIpc) is 2.25. The van der Waals surface area contributed by atoms with Gasteiger partial charge in [0.05, 0.1) is 0 Å². The fourth-order valence-corrected chi connectivity index (χ4v) is 1.86. The molecule has 1 N–H and O–H groups in total. The summed E-state index contributed by atoms with van der Waals surface area (Å²) in [5, 5.41) is 3.50. The van der Waals surface area contributed by atoms with Gasteiger partial charge >= 0.3 is 0 Å². The number of hydrogen-bond acceptors (Lipinski definition) is 1.